The zero-order valence-electron chi connectivity index (χ0n) is 14.7. The van der Waals surface area contributed by atoms with Crippen molar-refractivity contribution in [2.75, 3.05) is 11.9 Å². The van der Waals surface area contributed by atoms with Gasteiger partial charge in [0.15, 0.2) is 6.54 Å². The van der Waals surface area contributed by atoms with Crippen LogP contribution in [0.15, 0.2) is 35.0 Å². The van der Waals surface area contributed by atoms with Crippen LogP contribution in [0.4, 0.5) is 5.69 Å². The monoisotopic (exact) mass is 375 g/mol. The smallest absolute Gasteiger partial charge is 0.279 e. The number of aromatic nitrogens is 2. The molecule has 0 fully saturated rings. The number of hydrogen-bond donors (Lipinski definition) is 2. The van der Waals surface area contributed by atoms with Crippen molar-refractivity contribution in [3.63, 3.8) is 0 Å². The van der Waals surface area contributed by atoms with Crippen LogP contribution < -0.4 is 10.2 Å². The lowest BCUT2D eigenvalue weighted by atomic mass is 10.3. The van der Waals surface area contributed by atoms with Crippen LogP contribution in [0.3, 0.4) is 0 Å². The van der Waals surface area contributed by atoms with Gasteiger partial charge in [0, 0.05) is 7.05 Å². The molecular weight excluding hydrogens is 352 g/mol. The summed E-state index contributed by atoms with van der Waals surface area (Å²) in [6.45, 7) is 6.04. The van der Waals surface area contributed by atoms with Gasteiger partial charge in [-0.2, -0.15) is 5.10 Å². The first-order valence-corrected chi connectivity index (χ1v) is 9.97. The lowest BCUT2D eigenvalue weighted by molar-refractivity contribution is -0.918. The average molecular weight is 376 g/mol. The minimum atomic E-state index is 0.0299. The molecular formula is C18H23N4OS2+. The minimum absolute atomic E-state index is 0.0299. The standard InChI is InChI=1S/C18H22N4OS2/c1-13-18(14(2)21(3)20-13)19-17(23)12-22(10-15-6-4-8-24-15)11-16-7-5-9-25-16/h4-9H,10-12H2,1-3H3,(H,19,23)/p+1. The molecule has 3 heterocycles. The molecule has 1 amide bonds. The third-order valence-corrected chi connectivity index (χ3v) is 5.95. The first kappa shape index (κ1) is 17.8. The van der Waals surface area contributed by atoms with Crippen molar-refractivity contribution < 1.29 is 9.69 Å². The number of quaternary nitrogens is 1. The van der Waals surface area contributed by atoms with E-state index >= 15 is 0 Å². The number of carbonyl (C=O) groups excluding carboxylic acids is 1. The van der Waals surface area contributed by atoms with Crippen LogP contribution in [0.25, 0.3) is 0 Å². The summed E-state index contributed by atoms with van der Waals surface area (Å²) < 4.78 is 1.80. The van der Waals surface area contributed by atoms with Crippen molar-refractivity contribution in [2.24, 2.45) is 7.05 Å². The Kier molecular flexibility index (Phi) is 5.67. The Labute approximate surface area is 155 Å². The van der Waals surface area contributed by atoms with E-state index in [-0.39, 0.29) is 5.91 Å². The van der Waals surface area contributed by atoms with Gasteiger partial charge >= 0.3 is 0 Å². The van der Waals surface area contributed by atoms with Crippen molar-refractivity contribution in [3.05, 3.63) is 56.2 Å². The van der Waals surface area contributed by atoms with Gasteiger partial charge in [-0.3, -0.25) is 9.48 Å². The molecule has 25 heavy (non-hydrogen) atoms. The van der Waals surface area contributed by atoms with Gasteiger partial charge in [0.2, 0.25) is 0 Å². The lowest BCUT2D eigenvalue weighted by Crippen LogP contribution is -3.10. The first-order chi connectivity index (χ1) is 12.0. The second-order valence-electron chi connectivity index (χ2n) is 6.16. The van der Waals surface area contributed by atoms with E-state index in [0.717, 1.165) is 30.2 Å². The lowest BCUT2D eigenvalue weighted by Gasteiger charge is -2.18. The third-order valence-electron chi connectivity index (χ3n) is 4.19. The van der Waals surface area contributed by atoms with E-state index in [1.165, 1.54) is 14.7 Å². The fourth-order valence-electron chi connectivity index (χ4n) is 2.87. The molecule has 0 aromatic carbocycles. The largest absolute Gasteiger partial charge is 0.318 e. The second kappa shape index (κ2) is 7.95. The average Bonchev–Trinajstić information content (AvgIpc) is 3.29. The number of rotatable bonds is 7. The van der Waals surface area contributed by atoms with E-state index in [0.29, 0.717) is 6.54 Å². The van der Waals surface area contributed by atoms with Crippen molar-refractivity contribution in [3.8, 4) is 0 Å². The molecule has 0 radical (unpaired) electrons. The number of hydrogen-bond acceptors (Lipinski definition) is 4. The van der Waals surface area contributed by atoms with Gasteiger partial charge in [-0.15, -0.1) is 22.7 Å². The Morgan fingerprint density at radius 3 is 2.20 bits per heavy atom. The number of nitrogens with zero attached hydrogens (tertiary/aromatic N) is 2. The van der Waals surface area contributed by atoms with Gasteiger partial charge in [-0.05, 0) is 36.7 Å². The molecule has 0 atom stereocenters. The minimum Gasteiger partial charge on any atom is -0.318 e. The molecule has 3 rings (SSSR count). The molecule has 5 nitrogen and oxygen atoms in total. The molecule has 132 valence electrons. The zero-order valence-corrected chi connectivity index (χ0v) is 16.3. The van der Waals surface area contributed by atoms with Crippen molar-refractivity contribution in [1.82, 2.24) is 9.78 Å². The van der Waals surface area contributed by atoms with Crippen molar-refractivity contribution in [2.45, 2.75) is 26.9 Å². The molecule has 0 aliphatic carbocycles. The fourth-order valence-corrected chi connectivity index (χ4v) is 4.42. The van der Waals surface area contributed by atoms with Gasteiger partial charge in [-0.1, -0.05) is 12.1 Å². The number of thiophene rings is 2. The summed E-state index contributed by atoms with van der Waals surface area (Å²) in [5.74, 6) is 0.0299. The maximum atomic E-state index is 12.6. The molecule has 0 saturated carbocycles. The van der Waals surface area contributed by atoms with Gasteiger partial charge in [0.05, 0.1) is 26.8 Å². The highest BCUT2D eigenvalue weighted by Crippen LogP contribution is 2.17. The topological polar surface area (TPSA) is 51.4 Å². The summed E-state index contributed by atoms with van der Waals surface area (Å²) in [7, 11) is 1.89. The summed E-state index contributed by atoms with van der Waals surface area (Å²) in [5.41, 5.74) is 2.66. The summed E-state index contributed by atoms with van der Waals surface area (Å²) in [4.78, 5) is 16.5. The van der Waals surface area contributed by atoms with Crippen molar-refractivity contribution >= 4 is 34.3 Å². The quantitative estimate of drug-likeness (QED) is 0.666. The third kappa shape index (κ3) is 4.56. The molecule has 2 N–H and O–H groups in total. The van der Waals surface area contributed by atoms with Gasteiger partial charge in [0.1, 0.15) is 13.1 Å². The molecule has 0 aliphatic rings. The molecule has 0 unspecified atom stereocenters. The SMILES string of the molecule is Cc1nn(C)c(C)c1NC(=O)C[NH+](Cc1cccs1)Cc1cccs1. The van der Waals surface area contributed by atoms with Crippen LogP contribution >= 0.6 is 22.7 Å². The zero-order chi connectivity index (χ0) is 17.8. The summed E-state index contributed by atoms with van der Waals surface area (Å²) in [5, 5.41) is 11.6. The fraction of sp³-hybridized carbons (Fsp3) is 0.333. The predicted octanol–water partition coefficient (Wildman–Crippen LogP) is 2.38. The van der Waals surface area contributed by atoms with E-state index < -0.39 is 0 Å². The highest BCUT2D eigenvalue weighted by atomic mass is 32.1. The Balaban J connectivity index is 1.69. The molecule has 0 saturated heterocycles. The maximum Gasteiger partial charge on any atom is 0.279 e. The Morgan fingerprint density at radius 2 is 1.76 bits per heavy atom. The van der Waals surface area contributed by atoms with Crippen LogP contribution in [0.5, 0.6) is 0 Å². The number of anilines is 1. The van der Waals surface area contributed by atoms with E-state index in [9.17, 15) is 4.79 Å². The van der Waals surface area contributed by atoms with E-state index in [4.69, 9.17) is 0 Å². The van der Waals surface area contributed by atoms with E-state index in [1.54, 1.807) is 27.4 Å². The van der Waals surface area contributed by atoms with E-state index in [1.807, 2.05) is 20.9 Å². The first-order valence-electron chi connectivity index (χ1n) is 8.21. The molecule has 0 bridgehead atoms. The number of aryl methyl sites for hydroxylation is 2. The molecule has 3 aromatic rings. The predicted molar refractivity (Wildman–Crippen MR) is 103 cm³/mol. The molecule has 7 heteroatoms. The van der Waals surface area contributed by atoms with Crippen molar-refractivity contribution in [1.29, 1.82) is 0 Å². The Morgan fingerprint density at radius 1 is 1.16 bits per heavy atom. The van der Waals surface area contributed by atoms with Crippen LogP contribution in [0.2, 0.25) is 0 Å². The van der Waals surface area contributed by atoms with E-state index in [2.05, 4.69) is 45.4 Å². The van der Waals surface area contributed by atoms with Gasteiger partial charge in [-0.25, -0.2) is 0 Å². The second-order valence-corrected chi connectivity index (χ2v) is 8.22. The number of amides is 1. The van der Waals surface area contributed by atoms with Crippen LogP contribution in [0.1, 0.15) is 21.1 Å². The summed E-state index contributed by atoms with van der Waals surface area (Å²) in [6.07, 6.45) is 0. The summed E-state index contributed by atoms with van der Waals surface area (Å²) >= 11 is 3.48. The number of carbonyl (C=O) groups is 1. The normalized spacial score (nSPS) is 11.2. The number of nitrogens with one attached hydrogen (secondary N) is 2. The van der Waals surface area contributed by atoms with Crippen LogP contribution in [-0.2, 0) is 24.9 Å². The molecule has 0 spiro atoms. The Hall–Kier alpha value is -1.96. The van der Waals surface area contributed by atoms with Crippen LogP contribution in [-0.4, -0.2) is 22.2 Å². The van der Waals surface area contributed by atoms with Gasteiger partial charge < -0.3 is 10.2 Å². The van der Waals surface area contributed by atoms with Crippen LogP contribution in [0, 0.1) is 13.8 Å². The highest BCUT2D eigenvalue weighted by molar-refractivity contribution is 7.10. The Bertz CT molecular complexity index is 786. The molecule has 3 aromatic heterocycles. The maximum absolute atomic E-state index is 12.6. The highest BCUT2D eigenvalue weighted by Gasteiger charge is 2.19. The summed E-state index contributed by atoms with van der Waals surface area (Å²) in [6, 6.07) is 8.38. The molecule has 0 aliphatic heterocycles. The van der Waals surface area contributed by atoms with Gasteiger partial charge in [0.25, 0.3) is 5.91 Å².